The summed E-state index contributed by atoms with van der Waals surface area (Å²) < 4.78 is 24.2. The van der Waals surface area contributed by atoms with Crippen LogP contribution in [-0.2, 0) is 6.42 Å². The van der Waals surface area contributed by atoms with Gasteiger partial charge in [0.25, 0.3) is 5.91 Å². The number of hydrogen-bond donors (Lipinski definition) is 0. The molecule has 150 valence electrons. The van der Waals surface area contributed by atoms with Gasteiger partial charge in [0.2, 0.25) is 5.88 Å². The number of carbonyl (C=O) groups excluding carboxylic acids is 1. The fourth-order valence-corrected chi connectivity index (χ4v) is 3.65. The minimum atomic E-state index is -0.260. The molecule has 1 aliphatic heterocycles. The van der Waals surface area contributed by atoms with Crippen LogP contribution in [-0.4, -0.2) is 41.0 Å². The molecule has 29 heavy (non-hydrogen) atoms. The zero-order chi connectivity index (χ0) is 20.2. The molecule has 3 aromatic rings. The number of aromatic nitrogens is 2. The van der Waals surface area contributed by atoms with Crippen molar-refractivity contribution in [1.29, 1.82) is 0 Å². The molecule has 1 saturated heterocycles. The molecule has 1 fully saturated rings. The summed E-state index contributed by atoms with van der Waals surface area (Å²) in [6.07, 6.45) is 5.64. The maximum atomic E-state index is 13.1. The molecule has 0 bridgehead atoms. The van der Waals surface area contributed by atoms with Gasteiger partial charge in [0, 0.05) is 25.7 Å². The molecule has 2 aromatic heterocycles. The summed E-state index contributed by atoms with van der Waals surface area (Å²) in [7, 11) is 1.51. The normalized spacial score (nSPS) is 16.6. The Morgan fingerprint density at radius 1 is 1.28 bits per heavy atom. The monoisotopic (exact) mass is 395 g/mol. The van der Waals surface area contributed by atoms with Crippen molar-refractivity contribution in [3.63, 3.8) is 0 Å². The Kier molecular flexibility index (Phi) is 5.55. The molecule has 1 aliphatic rings. The summed E-state index contributed by atoms with van der Waals surface area (Å²) >= 11 is 0. The number of likely N-dealkylation sites (tertiary alicyclic amines) is 1. The van der Waals surface area contributed by atoms with Gasteiger partial charge in [-0.1, -0.05) is 12.1 Å². The van der Waals surface area contributed by atoms with Gasteiger partial charge in [-0.3, -0.25) is 4.79 Å². The third-order valence-corrected chi connectivity index (χ3v) is 5.12. The summed E-state index contributed by atoms with van der Waals surface area (Å²) in [4.78, 5) is 23.3. The van der Waals surface area contributed by atoms with Crippen LogP contribution in [0.25, 0.3) is 0 Å². The lowest BCUT2D eigenvalue weighted by Crippen LogP contribution is -2.39. The number of piperidine rings is 1. The fourth-order valence-electron chi connectivity index (χ4n) is 3.65. The lowest BCUT2D eigenvalue weighted by atomic mass is 9.97. The molecule has 1 unspecified atom stereocenters. The van der Waals surface area contributed by atoms with Crippen LogP contribution < -0.4 is 4.74 Å². The predicted octanol–water partition coefficient (Wildman–Crippen LogP) is 3.83. The van der Waals surface area contributed by atoms with Gasteiger partial charge in [0.15, 0.2) is 5.89 Å². The topological polar surface area (TPSA) is 68.5 Å². The maximum absolute atomic E-state index is 13.1. The van der Waals surface area contributed by atoms with Crippen molar-refractivity contribution in [1.82, 2.24) is 14.9 Å². The van der Waals surface area contributed by atoms with E-state index in [0.717, 1.165) is 24.2 Å². The first-order chi connectivity index (χ1) is 14.1. The number of methoxy groups -OCH3 is 1. The molecule has 1 atom stereocenters. The minimum Gasteiger partial charge on any atom is -0.480 e. The summed E-state index contributed by atoms with van der Waals surface area (Å²) in [6, 6.07) is 9.80. The number of carbonyl (C=O) groups is 1. The van der Waals surface area contributed by atoms with Crippen molar-refractivity contribution in [3.8, 4) is 5.88 Å². The highest BCUT2D eigenvalue weighted by molar-refractivity contribution is 5.96. The van der Waals surface area contributed by atoms with E-state index in [9.17, 15) is 9.18 Å². The van der Waals surface area contributed by atoms with Crippen molar-refractivity contribution < 1.29 is 18.3 Å². The van der Waals surface area contributed by atoms with Crippen LogP contribution in [0.5, 0.6) is 5.88 Å². The lowest BCUT2D eigenvalue weighted by Gasteiger charge is -2.31. The largest absolute Gasteiger partial charge is 0.480 e. The van der Waals surface area contributed by atoms with Crippen molar-refractivity contribution in [2.75, 3.05) is 20.2 Å². The fraction of sp³-hybridized carbons (Fsp3) is 0.318. The molecule has 0 radical (unpaired) electrons. The van der Waals surface area contributed by atoms with E-state index in [-0.39, 0.29) is 17.6 Å². The van der Waals surface area contributed by atoms with E-state index in [0.29, 0.717) is 36.8 Å². The number of amides is 1. The van der Waals surface area contributed by atoms with Crippen LogP contribution in [0, 0.1) is 5.82 Å². The van der Waals surface area contributed by atoms with Gasteiger partial charge in [-0.25, -0.2) is 14.4 Å². The second-order valence-electron chi connectivity index (χ2n) is 7.12. The second kappa shape index (κ2) is 8.43. The molecule has 7 heteroatoms. The number of benzene rings is 1. The van der Waals surface area contributed by atoms with Crippen LogP contribution >= 0.6 is 0 Å². The van der Waals surface area contributed by atoms with Crippen LogP contribution in [0.1, 0.15) is 46.3 Å². The molecule has 0 saturated carbocycles. The number of ether oxygens (including phenoxy) is 1. The van der Waals surface area contributed by atoms with Gasteiger partial charge in [-0.15, -0.1) is 0 Å². The number of hydrogen-bond acceptors (Lipinski definition) is 5. The molecule has 0 N–H and O–H groups in total. The quantitative estimate of drug-likeness (QED) is 0.657. The zero-order valence-electron chi connectivity index (χ0n) is 16.2. The Morgan fingerprint density at radius 3 is 2.90 bits per heavy atom. The number of nitrogens with zero attached hydrogens (tertiary/aromatic N) is 3. The van der Waals surface area contributed by atoms with Crippen molar-refractivity contribution >= 4 is 5.91 Å². The van der Waals surface area contributed by atoms with Gasteiger partial charge >= 0.3 is 0 Å². The molecule has 0 spiro atoms. The van der Waals surface area contributed by atoms with Gasteiger partial charge in [0.05, 0.1) is 19.2 Å². The summed E-state index contributed by atoms with van der Waals surface area (Å²) in [5.41, 5.74) is 1.42. The number of pyridine rings is 1. The Morgan fingerprint density at radius 2 is 2.10 bits per heavy atom. The van der Waals surface area contributed by atoms with Gasteiger partial charge in [-0.2, -0.15) is 0 Å². The van der Waals surface area contributed by atoms with Crippen LogP contribution in [0.2, 0.25) is 0 Å². The average Bonchev–Trinajstić information content (AvgIpc) is 3.23. The maximum Gasteiger partial charge on any atom is 0.259 e. The Labute approximate surface area is 168 Å². The van der Waals surface area contributed by atoms with Gasteiger partial charge < -0.3 is 14.1 Å². The minimum absolute atomic E-state index is 0.0392. The smallest absolute Gasteiger partial charge is 0.259 e. The Balaban J connectivity index is 1.45. The predicted molar refractivity (Wildman–Crippen MR) is 104 cm³/mol. The molecule has 1 aromatic carbocycles. The van der Waals surface area contributed by atoms with Gasteiger partial charge in [0.1, 0.15) is 17.1 Å². The molecule has 1 amide bonds. The number of oxazole rings is 1. The van der Waals surface area contributed by atoms with E-state index in [1.54, 1.807) is 41.6 Å². The molecular weight excluding hydrogens is 373 g/mol. The summed E-state index contributed by atoms with van der Waals surface area (Å²) in [5.74, 6) is 1.37. The van der Waals surface area contributed by atoms with E-state index in [1.807, 2.05) is 0 Å². The third-order valence-electron chi connectivity index (χ3n) is 5.12. The van der Waals surface area contributed by atoms with Crippen molar-refractivity contribution in [2.45, 2.75) is 25.2 Å². The zero-order valence-corrected chi connectivity index (χ0v) is 16.2. The first-order valence-electron chi connectivity index (χ1n) is 9.61. The SMILES string of the molecule is COc1ncccc1C(=O)N1CCCC(c2ncc(Cc3ccc(F)cc3)o2)C1. The highest BCUT2D eigenvalue weighted by Gasteiger charge is 2.29. The number of rotatable bonds is 5. The molecular formula is C22H22FN3O3. The molecule has 4 rings (SSSR count). The molecule has 6 nitrogen and oxygen atoms in total. The second-order valence-corrected chi connectivity index (χ2v) is 7.12. The molecule has 0 aliphatic carbocycles. The van der Waals surface area contributed by atoms with Crippen molar-refractivity contribution in [3.05, 3.63) is 77.4 Å². The Hall–Kier alpha value is -3.22. The highest BCUT2D eigenvalue weighted by Crippen LogP contribution is 2.29. The number of halogens is 1. The van der Waals surface area contributed by atoms with E-state index in [4.69, 9.17) is 9.15 Å². The van der Waals surface area contributed by atoms with E-state index in [1.165, 1.54) is 19.2 Å². The first kappa shape index (κ1) is 19.1. The van der Waals surface area contributed by atoms with Crippen LogP contribution in [0.4, 0.5) is 4.39 Å². The average molecular weight is 395 g/mol. The van der Waals surface area contributed by atoms with E-state index < -0.39 is 0 Å². The third kappa shape index (κ3) is 4.29. The van der Waals surface area contributed by atoms with E-state index >= 15 is 0 Å². The summed E-state index contributed by atoms with van der Waals surface area (Å²) in [6.45, 7) is 1.21. The van der Waals surface area contributed by atoms with Crippen molar-refractivity contribution in [2.24, 2.45) is 0 Å². The summed E-state index contributed by atoms with van der Waals surface area (Å²) in [5, 5.41) is 0. The standard InChI is InChI=1S/C22H22FN3O3/c1-28-21-19(5-2-10-24-21)22(27)26-11-3-4-16(14-26)20-25-13-18(29-20)12-15-6-8-17(23)9-7-15/h2,5-10,13,16H,3-4,11-12,14H2,1H3. The molecule has 3 heterocycles. The highest BCUT2D eigenvalue weighted by atomic mass is 19.1. The first-order valence-corrected chi connectivity index (χ1v) is 9.61. The van der Waals surface area contributed by atoms with Crippen LogP contribution in [0.3, 0.4) is 0 Å². The Bertz CT molecular complexity index is 987. The van der Waals surface area contributed by atoms with Crippen LogP contribution in [0.15, 0.2) is 53.2 Å². The lowest BCUT2D eigenvalue weighted by molar-refractivity contribution is 0.0693. The van der Waals surface area contributed by atoms with Gasteiger partial charge in [-0.05, 0) is 42.7 Å². The van der Waals surface area contributed by atoms with E-state index in [2.05, 4.69) is 9.97 Å².